The molecule has 4 heteroatoms. The van der Waals surface area contributed by atoms with E-state index in [9.17, 15) is 9.59 Å². The van der Waals surface area contributed by atoms with Gasteiger partial charge in [0.2, 0.25) is 0 Å². The van der Waals surface area contributed by atoms with Crippen molar-refractivity contribution in [2.45, 2.75) is 13.3 Å². The van der Waals surface area contributed by atoms with E-state index in [4.69, 9.17) is 0 Å². The molecule has 0 aromatic rings. The molecule has 0 spiro atoms. The number of amides is 2. The van der Waals surface area contributed by atoms with Gasteiger partial charge in [0.05, 0.1) is 0 Å². The summed E-state index contributed by atoms with van der Waals surface area (Å²) in [6, 6.07) is -0.249. The van der Waals surface area contributed by atoms with Crippen molar-refractivity contribution < 1.29 is 9.59 Å². The van der Waals surface area contributed by atoms with Gasteiger partial charge in [-0.2, -0.15) is 0 Å². The van der Waals surface area contributed by atoms with Gasteiger partial charge in [-0.3, -0.25) is 4.79 Å². The largest absolute Gasteiger partial charge is 0.341 e. The summed E-state index contributed by atoms with van der Waals surface area (Å²) < 4.78 is 0. The molecular formula is C6H12N2O2. The topological polar surface area (TPSA) is 58.2 Å². The van der Waals surface area contributed by atoms with E-state index >= 15 is 0 Å². The predicted octanol–water partition coefficient (Wildman–Crippen LogP) is -0.106. The third kappa shape index (κ3) is 5.08. The highest BCUT2D eigenvalue weighted by Gasteiger charge is 1.95. The summed E-state index contributed by atoms with van der Waals surface area (Å²) in [6.45, 7) is 1.90. The lowest BCUT2D eigenvalue weighted by atomic mass is 10.3. The standard InChI is InChI=1S/C6H12N2O2/c1-5(9)3-4-8-6(10)7-2/h3-4H2,1-2H3,(H2,7,8,10). The number of rotatable bonds is 3. The molecule has 0 bridgehead atoms. The van der Waals surface area contributed by atoms with Gasteiger partial charge in [0, 0.05) is 20.0 Å². The van der Waals surface area contributed by atoms with Gasteiger partial charge >= 0.3 is 6.03 Å². The molecule has 0 aromatic carbocycles. The van der Waals surface area contributed by atoms with Gasteiger partial charge < -0.3 is 10.6 Å². The molecule has 0 unspecified atom stereocenters. The maximum atomic E-state index is 10.5. The second kappa shape index (κ2) is 4.78. The minimum Gasteiger partial charge on any atom is -0.341 e. The third-order valence-electron chi connectivity index (χ3n) is 0.990. The highest BCUT2D eigenvalue weighted by Crippen LogP contribution is 1.76. The first-order valence-electron chi connectivity index (χ1n) is 3.12. The van der Waals surface area contributed by atoms with Gasteiger partial charge in [-0.05, 0) is 6.92 Å². The zero-order chi connectivity index (χ0) is 7.98. The maximum Gasteiger partial charge on any atom is 0.314 e. The first kappa shape index (κ1) is 8.94. The van der Waals surface area contributed by atoms with Crippen molar-refractivity contribution >= 4 is 11.8 Å². The van der Waals surface area contributed by atoms with E-state index in [1.807, 2.05) is 0 Å². The van der Waals surface area contributed by atoms with E-state index in [2.05, 4.69) is 10.6 Å². The minimum absolute atomic E-state index is 0.0800. The van der Waals surface area contributed by atoms with Gasteiger partial charge in [0.15, 0.2) is 0 Å². The zero-order valence-electron chi connectivity index (χ0n) is 6.23. The quantitative estimate of drug-likeness (QED) is 0.581. The van der Waals surface area contributed by atoms with Crippen molar-refractivity contribution in [3.8, 4) is 0 Å². The molecule has 0 saturated heterocycles. The summed E-state index contributed by atoms with van der Waals surface area (Å²) in [4.78, 5) is 20.8. The van der Waals surface area contributed by atoms with Crippen molar-refractivity contribution in [1.82, 2.24) is 10.6 Å². The van der Waals surface area contributed by atoms with E-state index in [1.165, 1.54) is 14.0 Å². The van der Waals surface area contributed by atoms with E-state index in [1.54, 1.807) is 0 Å². The van der Waals surface area contributed by atoms with Gasteiger partial charge in [-0.15, -0.1) is 0 Å². The van der Waals surface area contributed by atoms with E-state index in [-0.39, 0.29) is 11.8 Å². The van der Waals surface area contributed by atoms with Crippen molar-refractivity contribution in [1.29, 1.82) is 0 Å². The minimum atomic E-state index is -0.249. The monoisotopic (exact) mass is 144 g/mol. The molecule has 0 aromatic heterocycles. The average molecular weight is 144 g/mol. The number of Topliss-reactive ketones (excluding diaryl/α,β-unsaturated/α-hetero) is 1. The summed E-state index contributed by atoms with van der Waals surface area (Å²) in [5, 5.41) is 4.87. The summed E-state index contributed by atoms with van der Waals surface area (Å²) in [5.41, 5.74) is 0. The first-order chi connectivity index (χ1) is 4.66. The van der Waals surface area contributed by atoms with Crippen LogP contribution in [-0.2, 0) is 4.79 Å². The van der Waals surface area contributed by atoms with Gasteiger partial charge in [-0.25, -0.2) is 4.79 Å². The van der Waals surface area contributed by atoms with Gasteiger partial charge in [-0.1, -0.05) is 0 Å². The summed E-state index contributed by atoms with van der Waals surface area (Å²) in [6.07, 6.45) is 0.396. The summed E-state index contributed by atoms with van der Waals surface area (Å²) >= 11 is 0. The highest BCUT2D eigenvalue weighted by atomic mass is 16.2. The number of ketones is 1. The van der Waals surface area contributed by atoms with Gasteiger partial charge in [0.1, 0.15) is 5.78 Å². The van der Waals surface area contributed by atoms with E-state index in [0.717, 1.165) is 0 Å². The second-order valence-electron chi connectivity index (χ2n) is 1.96. The van der Waals surface area contributed by atoms with Crippen molar-refractivity contribution in [2.24, 2.45) is 0 Å². The highest BCUT2D eigenvalue weighted by molar-refractivity contribution is 5.77. The van der Waals surface area contributed by atoms with Crippen LogP contribution in [0.1, 0.15) is 13.3 Å². The van der Waals surface area contributed by atoms with Crippen LogP contribution in [0.2, 0.25) is 0 Å². The van der Waals surface area contributed by atoms with Crippen LogP contribution in [0.5, 0.6) is 0 Å². The zero-order valence-corrected chi connectivity index (χ0v) is 6.23. The fourth-order valence-electron chi connectivity index (χ4n) is 0.440. The molecule has 0 heterocycles. The molecule has 58 valence electrons. The van der Waals surface area contributed by atoms with E-state index < -0.39 is 0 Å². The Morgan fingerprint density at radius 3 is 2.40 bits per heavy atom. The fourth-order valence-corrected chi connectivity index (χ4v) is 0.440. The molecule has 0 aliphatic rings. The molecule has 4 nitrogen and oxygen atoms in total. The molecule has 0 aliphatic carbocycles. The van der Waals surface area contributed by atoms with Crippen LogP contribution >= 0.6 is 0 Å². The van der Waals surface area contributed by atoms with Gasteiger partial charge in [0.25, 0.3) is 0 Å². The number of nitrogens with one attached hydrogen (secondary N) is 2. The fraction of sp³-hybridized carbons (Fsp3) is 0.667. The predicted molar refractivity (Wildman–Crippen MR) is 37.8 cm³/mol. The van der Waals surface area contributed by atoms with Crippen LogP contribution in [-0.4, -0.2) is 25.4 Å². The molecule has 2 N–H and O–H groups in total. The average Bonchev–Trinajstić information content (AvgIpc) is 1.87. The normalized spacial score (nSPS) is 8.60. The smallest absolute Gasteiger partial charge is 0.314 e. The molecular weight excluding hydrogens is 132 g/mol. The Morgan fingerprint density at radius 2 is 2.00 bits per heavy atom. The molecule has 0 radical (unpaired) electrons. The van der Waals surface area contributed by atoms with Crippen LogP contribution in [0.15, 0.2) is 0 Å². The number of carbonyl (C=O) groups excluding carboxylic acids is 2. The molecule has 2 amide bonds. The molecule has 10 heavy (non-hydrogen) atoms. The first-order valence-corrected chi connectivity index (χ1v) is 3.12. The molecule has 0 rings (SSSR count). The van der Waals surface area contributed by atoms with Crippen molar-refractivity contribution in [2.75, 3.05) is 13.6 Å². The van der Waals surface area contributed by atoms with Crippen LogP contribution in [0.3, 0.4) is 0 Å². The Bertz CT molecular complexity index is 134. The Morgan fingerprint density at radius 1 is 1.40 bits per heavy atom. The number of hydrogen-bond donors (Lipinski definition) is 2. The number of urea groups is 1. The van der Waals surface area contributed by atoms with Crippen LogP contribution < -0.4 is 10.6 Å². The Labute approximate surface area is 60.0 Å². The Balaban J connectivity index is 3.20. The lowest BCUT2D eigenvalue weighted by molar-refractivity contribution is -0.116. The van der Waals surface area contributed by atoms with E-state index in [0.29, 0.717) is 13.0 Å². The summed E-state index contributed by atoms with van der Waals surface area (Å²) in [7, 11) is 1.53. The van der Waals surface area contributed by atoms with Crippen molar-refractivity contribution in [3.05, 3.63) is 0 Å². The SMILES string of the molecule is CNC(=O)NCCC(C)=O. The molecule has 0 aliphatic heterocycles. The Hall–Kier alpha value is -1.06. The lowest BCUT2D eigenvalue weighted by Crippen LogP contribution is -2.33. The number of carbonyl (C=O) groups is 2. The molecule has 0 fully saturated rings. The second-order valence-corrected chi connectivity index (χ2v) is 1.96. The Kier molecular flexibility index (Phi) is 4.28. The maximum absolute atomic E-state index is 10.5. The number of hydrogen-bond acceptors (Lipinski definition) is 2. The van der Waals surface area contributed by atoms with Crippen LogP contribution in [0.4, 0.5) is 4.79 Å². The van der Waals surface area contributed by atoms with Crippen LogP contribution in [0, 0.1) is 0 Å². The van der Waals surface area contributed by atoms with Crippen LogP contribution in [0.25, 0.3) is 0 Å². The van der Waals surface area contributed by atoms with Crippen molar-refractivity contribution in [3.63, 3.8) is 0 Å². The summed E-state index contributed by atoms with van der Waals surface area (Å²) in [5.74, 6) is 0.0800. The third-order valence-corrected chi connectivity index (χ3v) is 0.990. The molecule has 0 atom stereocenters. The lowest BCUT2D eigenvalue weighted by Gasteiger charge is -2.00. The molecule has 0 saturated carbocycles.